The number of carboxylic acids is 1. The van der Waals surface area contributed by atoms with Crippen LogP contribution in [0, 0.1) is 10.8 Å². The second-order valence-electron chi connectivity index (χ2n) is 5.82. The molecule has 1 aromatic rings. The number of nitrogens with one attached hydrogen (secondary N) is 1. The summed E-state index contributed by atoms with van der Waals surface area (Å²) < 4.78 is 0. The lowest BCUT2D eigenvalue weighted by Crippen LogP contribution is -2.29. The summed E-state index contributed by atoms with van der Waals surface area (Å²) in [5.74, 6) is -1.18. The van der Waals surface area contributed by atoms with Crippen LogP contribution in [0.25, 0.3) is 0 Å². The van der Waals surface area contributed by atoms with Gasteiger partial charge in [-0.15, -0.1) is 11.3 Å². The summed E-state index contributed by atoms with van der Waals surface area (Å²) >= 11 is 1.01. The van der Waals surface area contributed by atoms with E-state index in [1.807, 2.05) is 0 Å². The first-order valence-electron chi connectivity index (χ1n) is 5.82. The van der Waals surface area contributed by atoms with E-state index in [1.54, 1.807) is 6.07 Å². The molecule has 5 heteroatoms. The first-order chi connectivity index (χ1) is 8.18. The van der Waals surface area contributed by atoms with Gasteiger partial charge in [0.05, 0.1) is 4.88 Å². The smallest absolute Gasteiger partial charge is 0.345 e. The molecule has 1 fully saturated rings. The fourth-order valence-corrected chi connectivity index (χ4v) is 3.08. The molecule has 98 valence electrons. The van der Waals surface area contributed by atoms with E-state index in [2.05, 4.69) is 33.0 Å². The molecule has 0 atom stereocenters. The summed E-state index contributed by atoms with van der Waals surface area (Å²) in [5.41, 5.74) is 0.158. The Balaban J connectivity index is 2.08. The Bertz CT molecular complexity index is 502. The van der Waals surface area contributed by atoms with Gasteiger partial charge in [0.25, 0.3) is 5.91 Å². The van der Waals surface area contributed by atoms with Crippen LogP contribution >= 0.6 is 11.3 Å². The van der Waals surface area contributed by atoms with Gasteiger partial charge in [0, 0.05) is 6.04 Å². The van der Waals surface area contributed by atoms with Crippen molar-refractivity contribution in [2.75, 3.05) is 0 Å². The number of aromatic carboxylic acids is 1. The molecule has 1 saturated carbocycles. The van der Waals surface area contributed by atoms with Crippen LogP contribution in [-0.4, -0.2) is 23.0 Å². The fraction of sp³-hybridized carbons (Fsp3) is 0.538. The predicted molar refractivity (Wildman–Crippen MR) is 70.1 cm³/mol. The van der Waals surface area contributed by atoms with Crippen molar-refractivity contribution in [3.05, 3.63) is 21.9 Å². The lowest BCUT2D eigenvalue weighted by atomic mass is 10.0. The van der Waals surface area contributed by atoms with Gasteiger partial charge in [-0.2, -0.15) is 0 Å². The third kappa shape index (κ3) is 1.82. The van der Waals surface area contributed by atoms with Gasteiger partial charge in [-0.3, -0.25) is 4.79 Å². The standard InChI is InChI=1S/C13H17NO3S/c1-12(2)11(13(12,3)4)14-9(15)7-5-6-8(18-7)10(16)17/h5-6,11H,1-4H3,(H,14,15)(H,16,17). The zero-order valence-electron chi connectivity index (χ0n) is 10.9. The van der Waals surface area contributed by atoms with Crippen LogP contribution in [0.3, 0.4) is 0 Å². The fourth-order valence-electron chi connectivity index (χ4n) is 2.33. The van der Waals surface area contributed by atoms with E-state index in [4.69, 9.17) is 5.11 Å². The number of thiophene rings is 1. The van der Waals surface area contributed by atoms with E-state index in [9.17, 15) is 9.59 Å². The minimum absolute atomic E-state index is 0.0789. The average Bonchev–Trinajstić information content (AvgIpc) is 2.68. The molecule has 4 nitrogen and oxygen atoms in total. The maximum absolute atomic E-state index is 12.0. The van der Waals surface area contributed by atoms with Crippen molar-refractivity contribution in [3.63, 3.8) is 0 Å². The van der Waals surface area contributed by atoms with Gasteiger partial charge >= 0.3 is 5.97 Å². The van der Waals surface area contributed by atoms with Gasteiger partial charge in [0.2, 0.25) is 0 Å². The van der Waals surface area contributed by atoms with Crippen molar-refractivity contribution in [2.24, 2.45) is 10.8 Å². The molecule has 18 heavy (non-hydrogen) atoms. The van der Waals surface area contributed by atoms with Crippen LogP contribution in [0.2, 0.25) is 0 Å². The quantitative estimate of drug-likeness (QED) is 0.884. The molecule has 0 saturated heterocycles. The Morgan fingerprint density at radius 1 is 1.17 bits per heavy atom. The van der Waals surface area contributed by atoms with Crippen molar-refractivity contribution in [1.29, 1.82) is 0 Å². The number of hydrogen-bond acceptors (Lipinski definition) is 3. The highest BCUT2D eigenvalue weighted by atomic mass is 32.1. The Kier molecular flexibility index (Phi) is 2.77. The lowest BCUT2D eigenvalue weighted by molar-refractivity contribution is 0.0702. The van der Waals surface area contributed by atoms with Gasteiger partial charge < -0.3 is 10.4 Å². The summed E-state index contributed by atoms with van der Waals surface area (Å²) in [4.78, 5) is 23.4. The van der Waals surface area contributed by atoms with Crippen LogP contribution in [0.4, 0.5) is 0 Å². The van der Waals surface area contributed by atoms with Crippen molar-refractivity contribution in [2.45, 2.75) is 33.7 Å². The van der Waals surface area contributed by atoms with Crippen LogP contribution < -0.4 is 5.32 Å². The SMILES string of the molecule is CC1(C)C(NC(=O)c2ccc(C(=O)O)s2)C1(C)C. The molecule has 1 aliphatic rings. The summed E-state index contributed by atoms with van der Waals surface area (Å²) in [6.45, 7) is 8.48. The molecule has 1 aliphatic carbocycles. The average molecular weight is 267 g/mol. The molecule has 0 unspecified atom stereocenters. The Labute approximate surface area is 110 Å². The number of carboxylic acid groups (broad SMARTS) is 1. The first kappa shape index (κ1) is 13.1. The molecule has 1 heterocycles. The number of amides is 1. The Hall–Kier alpha value is -1.36. The van der Waals surface area contributed by atoms with E-state index in [-0.39, 0.29) is 27.7 Å². The van der Waals surface area contributed by atoms with Gasteiger partial charge in [-0.25, -0.2) is 4.79 Å². The van der Waals surface area contributed by atoms with Gasteiger partial charge in [0.15, 0.2) is 0 Å². The first-order valence-corrected chi connectivity index (χ1v) is 6.63. The minimum atomic E-state index is -0.994. The van der Waals surface area contributed by atoms with Crippen molar-refractivity contribution < 1.29 is 14.7 Å². The van der Waals surface area contributed by atoms with E-state index in [0.29, 0.717) is 4.88 Å². The lowest BCUT2D eigenvalue weighted by Gasteiger charge is -2.04. The molecule has 0 radical (unpaired) electrons. The van der Waals surface area contributed by atoms with E-state index in [0.717, 1.165) is 11.3 Å². The van der Waals surface area contributed by atoms with E-state index < -0.39 is 5.97 Å². The maximum Gasteiger partial charge on any atom is 0.345 e. The highest BCUT2D eigenvalue weighted by Gasteiger charge is 2.65. The van der Waals surface area contributed by atoms with Crippen molar-refractivity contribution in [1.82, 2.24) is 5.32 Å². The van der Waals surface area contributed by atoms with Crippen LogP contribution in [0.15, 0.2) is 12.1 Å². The molecule has 0 bridgehead atoms. The molecule has 1 aromatic heterocycles. The molecule has 2 N–H and O–H groups in total. The number of carbonyl (C=O) groups is 2. The van der Waals surface area contributed by atoms with Crippen molar-refractivity contribution in [3.8, 4) is 0 Å². The summed E-state index contributed by atoms with van der Waals surface area (Å²) in [5, 5.41) is 11.8. The highest BCUT2D eigenvalue weighted by molar-refractivity contribution is 7.15. The molecule has 0 spiro atoms. The van der Waals surface area contributed by atoms with Gasteiger partial charge in [-0.05, 0) is 23.0 Å². The summed E-state index contributed by atoms with van der Waals surface area (Å²) in [6.07, 6.45) is 0. The van der Waals surface area contributed by atoms with Gasteiger partial charge in [0.1, 0.15) is 4.88 Å². The normalized spacial score (nSPS) is 20.4. The minimum Gasteiger partial charge on any atom is -0.477 e. The molecule has 0 aromatic carbocycles. The number of hydrogen-bond donors (Lipinski definition) is 2. The second-order valence-corrected chi connectivity index (χ2v) is 6.90. The van der Waals surface area contributed by atoms with Crippen LogP contribution in [0.5, 0.6) is 0 Å². The molecule has 2 rings (SSSR count). The maximum atomic E-state index is 12.0. The topological polar surface area (TPSA) is 66.4 Å². The number of rotatable bonds is 3. The summed E-state index contributed by atoms with van der Waals surface area (Å²) in [7, 11) is 0. The molecular formula is C13H17NO3S. The third-order valence-electron chi connectivity index (χ3n) is 4.34. The van der Waals surface area contributed by atoms with Crippen LogP contribution in [-0.2, 0) is 0 Å². The molecule has 1 amide bonds. The molecular weight excluding hydrogens is 250 g/mol. The Morgan fingerprint density at radius 2 is 1.67 bits per heavy atom. The third-order valence-corrected chi connectivity index (χ3v) is 5.41. The van der Waals surface area contributed by atoms with Crippen molar-refractivity contribution >= 4 is 23.2 Å². The zero-order valence-corrected chi connectivity index (χ0v) is 11.7. The summed E-state index contributed by atoms with van der Waals surface area (Å²) in [6, 6.07) is 3.16. The largest absolute Gasteiger partial charge is 0.477 e. The van der Waals surface area contributed by atoms with E-state index >= 15 is 0 Å². The highest BCUT2D eigenvalue weighted by Crippen LogP contribution is 2.62. The Morgan fingerprint density at radius 3 is 2.06 bits per heavy atom. The molecule has 0 aliphatic heterocycles. The zero-order chi connectivity index (χ0) is 13.7. The van der Waals surface area contributed by atoms with Gasteiger partial charge in [-0.1, -0.05) is 27.7 Å². The predicted octanol–water partition coefficient (Wildman–Crippen LogP) is 2.61. The number of carbonyl (C=O) groups excluding carboxylic acids is 1. The van der Waals surface area contributed by atoms with E-state index in [1.165, 1.54) is 6.07 Å². The van der Waals surface area contributed by atoms with Crippen LogP contribution in [0.1, 0.15) is 47.0 Å². The monoisotopic (exact) mass is 267 g/mol. The second kappa shape index (κ2) is 3.82.